The predicted octanol–water partition coefficient (Wildman–Crippen LogP) is 3.01. The van der Waals surface area contributed by atoms with Crippen LogP contribution in [0.3, 0.4) is 0 Å². The van der Waals surface area contributed by atoms with Crippen LogP contribution in [0.15, 0.2) is 43.1 Å². The number of rotatable bonds is 4. The number of hydrogen-bond acceptors (Lipinski definition) is 5. The molecule has 0 aliphatic carbocycles. The van der Waals surface area contributed by atoms with Crippen molar-refractivity contribution in [3.8, 4) is 16.9 Å². The third-order valence-corrected chi connectivity index (χ3v) is 4.78. The smallest absolute Gasteiger partial charge is 0.259 e. The maximum Gasteiger partial charge on any atom is 0.259 e. The second-order valence-electron chi connectivity index (χ2n) is 6.57. The highest BCUT2D eigenvalue weighted by atomic mass is 16.5. The van der Waals surface area contributed by atoms with E-state index in [2.05, 4.69) is 20.5 Å². The summed E-state index contributed by atoms with van der Waals surface area (Å²) in [6, 6.07) is 3.66. The van der Waals surface area contributed by atoms with E-state index in [1.165, 1.54) is 0 Å². The normalized spacial score (nSPS) is 11.0. The van der Waals surface area contributed by atoms with Crippen LogP contribution < -0.4 is 10.1 Å². The first-order valence-corrected chi connectivity index (χ1v) is 8.76. The highest BCUT2D eigenvalue weighted by Crippen LogP contribution is 2.30. The van der Waals surface area contributed by atoms with Gasteiger partial charge in [-0.05, 0) is 31.5 Å². The van der Waals surface area contributed by atoms with Gasteiger partial charge in [0.15, 0.2) is 0 Å². The van der Waals surface area contributed by atoms with Gasteiger partial charge in [-0.1, -0.05) is 0 Å². The molecule has 4 aromatic heterocycles. The summed E-state index contributed by atoms with van der Waals surface area (Å²) in [6.07, 6.45) is 8.75. The number of carbonyl (C=O) groups is 1. The lowest BCUT2D eigenvalue weighted by Crippen LogP contribution is -2.13. The van der Waals surface area contributed by atoms with Crippen molar-refractivity contribution >= 4 is 17.1 Å². The summed E-state index contributed by atoms with van der Waals surface area (Å²) in [6.45, 7) is 3.83. The Balaban J connectivity index is 1.76. The highest BCUT2D eigenvalue weighted by Gasteiger charge is 2.19. The molecule has 4 rings (SSSR count). The van der Waals surface area contributed by atoms with Crippen molar-refractivity contribution < 1.29 is 9.53 Å². The van der Waals surface area contributed by atoms with E-state index in [-0.39, 0.29) is 5.91 Å². The third kappa shape index (κ3) is 2.98. The third-order valence-electron chi connectivity index (χ3n) is 4.78. The number of aryl methyl sites for hydroxylation is 2. The van der Waals surface area contributed by atoms with E-state index in [4.69, 9.17) is 4.74 Å². The quantitative estimate of drug-likeness (QED) is 0.592. The average Bonchev–Trinajstić information content (AvgIpc) is 3.31. The minimum Gasteiger partial charge on any atom is -0.494 e. The standard InChI is InChI=1S/C20H20N6O2/c1-12-13(2)21-6-5-17(12)24-20(27)16-9-23-26-11-14(7-18(28-4)19(16)26)15-8-22-25(3)10-15/h5-11H,1-4H3,(H,21,24,27). The number of aromatic nitrogens is 5. The molecule has 0 spiro atoms. The van der Waals surface area contributed by atoms with E-state index < -0.39 is 0 Å². The number of nitrogens with zero attached hydrogens (tertiary/aromatic N) is 5. The zero-order valence-electron chi connectivity index (χ0n) is 16.1. The van der Waals surface area contributed by atoms with Gasteiger partial charge in [0, 0.05) is 48.1 Å². The van der Waals surface area contributed by atoms with Gasteiger partial charge in [0.2, 0.25) is 0 Å². The van der Waals surface area contributed by atoms with Gasteiger partial charge in [-0.2, -0.15) is 10.2 Å². The Morgan fingerprint density at radius 2 is 1.96 bits per heavy atom. The molecule has 28 heavy (non-hydrogen) atoms. The van der Waals surface area contributed by atoms with Gasteiger partial charge in [0.1, 0.15) is 11.3 Å². The maximum atomic E-state index is 12.9. The predicted molar refractivity (Wildman–Crippen MR) is 106 cm³/mol. The summed E-state index contributed by atoms with van der Waals surface area (Å²) in [7, 11) is 3.44. The Kier molecular flexibility index (Phi) is 4.31. The molecule has 0 bridgehead atoms. The molecular formula is C20H20N6O2. The van der Waals surface area contributed by atoms with Gasteiger partial charge < -0.3 is 10.1 Å². The van der Waals surface area contributed by atoms with Crippen LogP contribution >= 0.6 is 0 Å². The number of amides is 1. The number of pyridine rings is 2. The number of nitrogens with one attached hydrogen (secondary N) is 1. The molecule has 0 aliphatic rings. The van der Waals surface area contributed by atoms with Crippen LogP contribution in [0.2, 0.25) is 0 Å². The molecule has 0 saturated heterocycles. The fraction of sp³-hybridized carbons (Fsp3) is 0.200. The van der Waals surface area contributed by atoms with Crippen LogP contribution in [0.4, 0.5) is 5.69 Å². The van der Waals surface area contributed by atoms with Gasteiger partial charge in [-0.15, -0.1) is 0 Å². The first kappa shape index (κ1) is 17.7. The number of methoxy groups -OCH3 is 1. The molecule has 0 radical (unpaired) electrons. The van der Waals surface area contributed by atoms with Crippen molar-refractivity contribution in [3.63, 3.8) is 0 Å². The molecule has 4 heterocycles. The zero-order chi connectivity index (χ0) is 19.8. The van der Waals surface area contributed by atoms with Crippen molar-refractivity contribution in [1.82, 2.24) is 24.4 Å². The molecule has 0 fully saturated rings. The van der Waals surface area contributed by atoms with E-state index in [1.54, 1.807) is 41.0 Å². The second kappa shape index (κ2) is 6.80. The number of carbonyl (C=O) groups excluding carboxylic acids is 1. The summed E-state index contributed by atoms with van der Waals surface area (Å²) < 4.78 is 8.94. The first-order chi connectivity index (χ1) is 13.5. The fourth-order valence-electron chi connectivity index (χ4n) is 3.10. The van der Waals surface area contributed by atoms with Crippen molar-refractivity contribution in [1.29, 1.82) is 0 Å². The topological polar surface area (TPSA) is 86.3 Å². The summed E-state index contributed by atoms with van der Waals surface area (Å²) in [5, 5.41) is 11.5. The van der Waals surface area contributed by atoms with Crippen molar-refractivity contribution in [2.24, 2.45) is 7.05 Å². The molecule has 0 saturated carbocycles. The maximum absolute atomic E-state index is 12.9. The van der Waals surface area contributed by atoms with Crippen LogP contribution in [-0.2, 0) is 7.05 Å². The summed E-state index contributed by atoms with van der Waals surface area (Å²) in [5.41, 5.74) is 5.40. The summed E-state index contributed by atoms with van der Waals surface area (Å²) in [4.78, 5) is 17.2. The van der Waals surface area contributed by atoms with Gasteiger partial charge in [-0.25, -0.2) is 4.52 Å². The highest BCUT2D eigenvalue weighted by molar-refractivity contribution is 6.10. The first-order valence-electron chi connectivity index (χ1n) is 8.76. The molecule has 1 N–H and O–H groups in total. The second-order valence-corrected chi connectivity index (χ2v) is 6.57. The van der Waals surface area contributed by atoms with Gasteiger partial charge in [0.05, 0.1) is 25.1 Å². The number of hydrogen-bond donors (Lipinski definition) is 1. The number of anilines is 1. The van der Waals surface area contributed by atoms with E-state index in [9.17, 15) is 4.79 Å². The fourth-order valence-corrected chi connectivity index (χ4v) is 3.10. The van der Waals surface area contributed by atoms with Crippen LogP contribution in [0.25, 0.3) is 16.6 Å². The van der Waals surface area contributed by atoms with Gasteiger partial charge in [0.25, 0.3) is 5.91 Å². The van der Waals surface area contributed by atoms with E-state index in [0.717, 1.165) is 28.1 Å². The Morgan fingerprint density at radius 1 is 1.14 bits per heavy atom. The molecule has 1 amide bonds. The van der Waals surface area contributed by atoms with Crippen molar-refractivity contribution in [2.75, 3.05) is 12.4 Å². The minimum atomic E-state index is -0.254. The molecule has 8 heteroatoms. The lowest BCUT2D eigenvalue weighted by atomic mass is 10.1. The van der Waals surface area contributed by atoms with E-state index in [0.29, 0.717) is 16.8 Å². The Hall–Kier alpha value is -3.68. The van der Waals surface area contributed by atoms with Crippen LogP contribution in [0.5, 0.6) is 5.75 Å². The molecule has 0 atom stereocenters. The molecule has 4 aromatic rings. The van der Waals surface area contributed by atoms with Crippen LogP contribution in [0.1, 0.15) is 21.6 Å². The monoisotopic (exact) mass is 376 g/mol. The van der Waals surface area contributed by atoms with E-state index >= 15 is 0 Å². The van der Waals surface area contributed by atoms with Crippen molar-refractivity contribution in [3.05, 3.63) is 59.9 Å². The van der Waals surface area contributed by atoms with Crippen LogP contribution in [-0.4, -0.2) is 37.4 Å². The Labute approximate surface area is 161 Å². The van der Waals surface area contributed by atoms with Gasteiger partial charge in [-0.3, -0.25) is 14.5 Å². The lowest BCUT2D eigenvalue weighted by molar-refractivity contribution is 0.102. The number of fused-ring (bicyclic) bond motifs is 1. The summed E-state index contributed by atoms with van der Waals surface area (Å²) in [5.74, 6) is 0.308. The SMILES string of the molecule is COc1cc(-c2cnn(C)c2)cn2ncc(C(=O)Nc3ccnc(C)c3C)c12. The Morgan fingerprint density at radius 3 is 2.68 bits per heavy atom. The molecule has 0 aromatic carbocycles. The summed E-state index contributed by atoms with van der Waals surface area (Å²) >= 11 is 0. The largest absolute Gasteiger partial charge is 0.494 e. The molecular weight excluding hydrogens is 356 g/mol. The zero-order valence-corrected chi connectivity index (χ0v) is 16.1. The van der Waals surface area contributed by atoms with Crippen LogP contribution in [0, 0.1) is 13.8 Å². The van der Waals surface area contributed by atoms with Crippen molar-refractivity contribution in [2.45, 2.75) is 13.8 Å². The van der Waals surface area contributed by atoms with E-state index in [1.807, 2.05) is 39.4 Å². The molecule has 0 unspecified atom stereocenters. The molecule has 0 aliphatic heterocycles. The Bertz CT molecular complexity index is 1190. The molecule has 8 nitrogen and oxygen atoms in total. The average molecular weight is 376 g/mol. The molecule has 142 valence electrons. The van der Waals surface area contributed by atoms with Gasteiger partial charge >= 0.3 is 0 Å². The number of ether oxygens (including phenoxy) is 1. The lowest BCUT2D eigenvalue weighted by Gasteiger charge is -2.10. The minimum absolute atomic E-state index is 0.254.